The number of anilines is 1. The van der Waals surface area contributed by atoms with Crippen molar-refractivity contribution in [1.29, 1.82) is 0 Å². The first-order valence-electron chi connectivity index (χ1n) is 7.41. The van der Waals surface area contributed by atoms with Gasteiger partial charge in [-0.3, -0.25) is 5.73 Å². The number of hydrogen-bond acceptors (Lipinski definition) is 3. The van der Waals surface area contributed by atoms with Crippen molar-refractivity contribution in [3.63, 3.8) is 0 Å². The van der Waals surface area contributed by atoms with E-state index in [-0.39, 0.29) is 5.92 Å². The summed E-state index contributed by atoms with van der Waals surface area (Å²) in [6.07, 6.45) is 0.524. The van der Waals surface area contributed by atoms with Gasteiger partial charge in [0.2, 0.25) is 0 Å². The molecule has 3 rings (SSSR count). The lowest BCUT2D eigenvalue weighted by Gasteiger charge is -2.15. The van der Waals surface area contributed by atoms with E-state index in [0.29, 0.717) is 17.1 Å². The lowest BCUT2D eigenvalue weighted by Crippen LogP contribution is -2.17. The molecular weight excluding hydrogens is 330 g/mol. The number of nitrogen functional groups attached to an aromatic ring is 1. The summed E-state index contributed by atoms with van der Waals surface area (Å²) >= 11 is 1.41. The second kappa shape index (κ2) is 6.97. The van der Waals surface area contributed by atoms with E-state index in [1.165, 1.54) is 17.4 Å². The van der Waals surface area contributed by atoms with Crippen molar-refractivity contribution in [1.82, 2.24) is 0 Å². The molecule has 1 heterocycles. The molecule has 6 heteroatoms. The molecule has 2 aromatic carbocycles. The lowest BCUT2D eigenvalue weighted by atomic mass is 9.89. The third-order valence-electron chi connectivity index (χ3n) is 3.90. The van der Waals surface area contributed by atoms with E-state index in [4.69, 9.17) is 10.5 Å². The SMILES string of the molecule is COc1ccc(C(Cc2ccc(F)c(F)c2)c2csc(N)[nH+]2)cc1. The van der Waals surface area contributed by atoms with E-state index in [9.17, 15) is 8.78 Å². The Kier molecular flexibility index (Phi) is 4.76. The Morgan fingerprint density at radius 3 is 2.46 bits per heavy atom. The van der Waals surface area contributed by atoms with Gasteiger partial charge in [-0.25, -0.2) is 13.8 Å². The molecule has 3 aromatic rings. The first kappa shape index (κ1) is 16.4. The van der Waals surface area contributed by atoms with Crippen LogP contribution in [0.4, 0.5) is 13.9 Å². The van der Waals surface area contributed by atoms with Crippen molar-refractivity contribution in [2.24, 2.45) is 0 Å². The summed E-state index contributed by atoms with van der Waals surface area (Å²) in [6.45, 7) is 0. The van der Waals surface area contributed by atoms with Crippen LogP contribution in [-0.2, 0) is 6.42 Å². The van der Waals surface area contributed by atoms with E-state index in [2.05, 4.69) is 4.98 Å². The van der Waals surface area contributed by atoms with Crippen molar-refractivity contribution in [3.05, 3.63) is 76.3 Å². The Bertz CT molecular complexity index is 833. The van der Waals surface area contributed by atoms with Crippen LogP contribution in [0.2, 0.25) is 0 Å². The van der Waals surface area contributed by atoms with Crippen LogP contribution in [0.15, 0.2) is 47.8 Å². The smallest absolute Gasteiger partial charge is 0.329 e. The van der Waals surface area contributed by atoms with E-state index >= 15 is 0 Å². The van der Waals surface area contributed by atoms with Crippen LogP contribution >= 0.6 is 11.3 Å². The molecule has 0 fully saturated rings. The average molecular weight is 347 g/mol. The highest BCUT2D eigenvalue weighted by atomic mass is 32.1. The first-order valence-corrected chi connectivity index (χ1v) is 8.29. The van der Waals surface area contributed by atoms with E-state index in [1.54, 1.807) is 13.2 Å². The number of aromatic nitrogens is 1. The van der Waals surface area contributed by atoms with Gasteiger partial charge in [-0.15, -0.1) is 0 Å². The van der Waals surface area contributed by atoms with Crippen molar-refractivity contribution in [2.75, 3.05) is 12.8 Å². The average Bonchev–Trinajstić information content (AvgIpc) is 3.02. The van der Waals surface area contributed by atoms with Gasteiger partial charge in [0.15, 0.2) is 11.6 Å². The maximum atomic E-state index is 13.5. The largest absolute Gasteiger partial charge is 0.497 e. The molecule has 3 N–H and O–H groups in total. The Labute approximate surface area is 142 Å². The molecule has 1 unspecified atom stereocenters. The van der Waals surface area contributed by atoms with E-state index in [0.717, 1.165) is 23.1 Å². The molecule has 124 valence electrons. The number of H-pyrrole nitrogens is 1. The van der Waals surface area contributed by atoms with Crippen LogP contribution in [-0.4, -0.2) is 7.11 Å². The zero-order valence-electron chi connectivity index (χ0n) is 13.1. The Morgan fingerprint density at radius 2 is 1.88 bits per heavy atom. The fourth-order valence-corrected chi connectivity index (χ4v) is 3.30. The van der Waals surface area contributed by atoms with Crippen LogP contribution < -0.4 is 15.5 Å². The number of thiazole rings is 1. The summed E-state index contributed by atoms with van der Waals surface area (Å²) in [6, 6.07) is 11.7. The van der Waals surface area contributed by atoms with Crippen LogP contribution in [0, 0.1) is 11.6 Å². The molecule has 0 saturated carbocycles. The van der Waals surface area contributed by atoms with E-state index < -0.39 is 11.6 Å². The van der Waals surface area contributed by atoms with Gasteiger partial charge >= 0.3 is 5.13 Å². The van der Waals surface area contributed by atoms with E-state index in [1.807, 2.05) is 29.6 Å². The Morgan fingerprint density at radius 1 is 1.12 bits per heavy atom. The van der Waals surface area contributed by atoms with Gasteiger partial charge in [0.1, 0.15) is 11.4 Å². The predicted octanol–water partition coefficient (Wildman–Crippen LogP) is 3.81. The quantitative estimate of drug-likeness (QED) is 0.763. The number of ether oxygens (including phenoxy) is 1. The summed E-state index contributed by atoms with van der Waals surface area (Å²) < 4.78 is 31.9. The zero-order chi connectivity index (χ0) is 17.1. The predicted molar refractivity (Wildman–Crippen MR) is 90.2 cm³/mol. The van der Waals surface area contributed by atoms with Gasteiger partial charge in [0.05, 0.1) is 13.0 Å². The molecule has 0 aliphatic carbocycles. The topological polar surface area (TPSA) is 49.4 Å². The van der Waals surface area contributed by atoms with Gasteiger partial charge in [0.25, 0.3) is 0 Å². The van der Waals surface area contributed by atoms with Gasteiger partial charge in [-0.2, -0.15) is 0 Å². The Hall–Kier alpha value is -2.47. The number of hydrogen-bond donors (Lipinski definition) is 1. The molecular formula is C18H17F2N2OS+. The number of halogens is 2. The van der Waals surface area contributed by atoms with Crippen molar-refractivity contribution < 1.29 is 18.5 Å². The molecule has 0 saturated heterocycles. The number of rotatable bonds is 5. The molecule has 1 aromatic heterocycles. The minimum absolute atomic E-state index is 0.0469. The van der Waals surface area contributed by atoms with Crippen molar-refractivity contribution >= 4 is 16.5 Å². The molecule has 24 heavy (non-hydrogen) atoms. The van der Waals surface area contributed by atoms with Crippen molar-refractivity contribution in [2.45, 2.75) is 12.3 Å². The highest BCUT2D eigenvalue weighted by Gasteiger charge is 2.21. The number of methoxy groups -OCH3 is 1. The van der Waals surface area contributed by atoms with Crippen LogP contribution in [0.3, 0.4) is 0 Å². The summed E-state index contributed by atoms with van der Waals surface area (Å²) in [7, 11) is 1.61. The molecule has 3 nitrogen and oxygen atoms in total. The molecule has 1 atom stereocenters. The number of nitrogens with one attached hydrogen (secondary N) is 1. The van der Waals surface area contributed by atoms with Crippen LogP contribution in [0.5, 0.6) is 5.75 Å². The molecule has 0 radical (unpaired) electrons. The molecule has 0 amide bonds. The summed E-state index contributed by atoms with van der Waals surface area (Å²) in [5.41, 5.74) is 8.50. The third kappa shape index (κ3) is 3.54. The monoisotopic (exact) mass is 347 g/mol. The zero-order valence-corrected chi connectivity index (χ0v) is 13.9. The fraction of sp³-hybridized carbons (Fsp3) is 0.167. The molecule has 0 aliphatic heterocycles. The molecule has 0 spiro atoms. The molecule has 0 aliphatic rings. The van der Waals surface area contributed by atoms with Gasteiger partial charge in [-0.05, 0) is 41.8 Å². The number of nitrogens with two attached hydrogens (primary N) is 1. The number of aromatic amines is 1. The minimum atomic E-state index is -0.842. The normalized spacial score (nSPS) is 12.1. The summed E-state index contributed by atoms with van der Waals surface area (Å²) in [4.78, 5) is 3.15. The van der Waals surface area contributed by atoms with Crippen LogP contribution in [0.1, 0.15) is 22.7 Å². The minimum Gasteiger partial charge on any atom is -0.497 e. The van der Waals surface area contributed by atoms with Gasteiger partial charge < -0.3 is 4.74 Å². The second-order valence-electron chi connectivity index (χ2n) is 5.46. The summed E-state index contributed by atoms with van der Waals surface area (Å²) in [5, 5.41) is 2.55. The third-order valence-corrected chi connectivity index (χ3v) is 4.63. The summed E-state index contributed by atoms with van der Waals surface area (Å²) in [5.74, 6) is -0.964. The molecule has 0 bridgehead atoms. The fourth-order valence-electron chi connectivity index (χ4n) is 2.64. The first-order chi connectivity index (χ1) is 11.6. The maximum absolute atomic E-state index is 13.5. The Balaban J connectivity index is 1.96. The highest BCUT2D eigenvalue weighted by Crippen LogP contribution is 2.29. The van der Waals surface area contributed by atoms with Crippen LogP contribution in [0.25, 0.3) is 0 Å². The lowest BCUT2D eigenvalue weighted by molar-refractivity contribution is -0.368. The maximum Gasteiger partial charge on any atom is 0.329 e. The number of benzene rings is 2. The highest BCUT2D eigenvalue weighted by molar-refractivity contribution is 7.13. The van der Waals surface area contributed by atoms with Gasteiger partial charge in [0, 0.05) is 5.38 Å². The van der Waals surface area contributed by atoms with Gasteiger partial charge in [-0.1, -0.05) is 29.5 Å². The second-order valence-corrected chi connectivity index (χ2v) is 6.37. The standard InChI is InChI=1S/C18H16F2N2OS/c1-23-13-5-3-12(4-6-13)14(17-10-24-18(21)22-17)8-11-2-7-15(19)16(20)9-11/h2-7,9-10,14H,8H2,1H3,(H2,21,22)/p+1. The van der Waals surface area contributed by atoms with Crippen molar-refractivity contribution in [3.8, 4) is 5.75 Å².